The minimum absolute atomic E-state index is 0.425. The molecule has 2 aliphatic rings. The number of ether oxygens (including phenoxy) is 1. The largest absolute Gasteiger partial charge is 0.368 e. The highest BCUT2D eigenvalue weighted by Gasteiger charge is 2.24. The summed E-state index contributed by atoms with van der Waals surface area (Å²) in [5, 5.41) is 11.2. The molecule has 0 unspecified atom stereocenters. The summed E-state index contributed by atoms with van der Waals surface area (Å²) in [6.07, 6.45) is 7.00. The van der Waals surface area contributed by atoms with Crippen molar-refractivity contribution < 1.29 is 4.74 Å². The molecule has 5 rings (SSSR count). The molecule has 0 amide bonds. The van der Waals surface area contributed by atoms with Crippen molar-refractivity contribution in [3.05, 3.63) is 29.4 Å². The normalized spacial score (nSPS) is 17.7. The summed E-state index contributed by atoms with van der Waals surface area (Å²) in [5.74, 6) is 1.38. The van der Waals surface area contributed by atoms with Crippen LogP contribution in [0.1, 0.15) is 43.5 Å². The molecule has 2 fully saturated rings. The van der Waals surface area contributed by atoms with Gasteiger partial charge in [0.25, 0.3) is 0 Å². The molecule has 8 nitrogen and oxygen atoms in total. The van der Waals surface area contributed by atoms with Crippen molar-refractivity contribution in [3.63, 3.8) is 0 Å². The Morgan fingerprint density at radius 1 is 1.05 bits per heavy atom. The van der Waals surface area contributed by atoms with Crippen LogP contribution in [-0.2, 0) is 4.74 Å². The molecule has 3 aromatic rings. The smallest absolute Gasteiger partial charge is 0.215 e. The topological polar surface area (TPSA) is 70.5 Å². The molecule has 0 radical (unpaired) electrons. The van der Waals surface area contributed by atoms with Crippen LogP contribution in [0.3, 0.4) is 0 Å². The van der Waals surface area contributed by atoms with Gasteiger partial charge in [-0.05, 0) is 43.6 Å². The lowest BCUT2D eigenvalue weighted by molar-refractivity contribution is 0.153. The van der Waals surface area contributed by atoms with Crippen molar-refractivity contribution in [2.24, 2.45) is 0 Å². The second kappa shape index (κ2) is 11.7. The number of nitrogens with zero attached hydrogens (tertiary/aromatic N) is 7. The maximum atomic E-state index is 6.20. The highest BCUT2D eigenvalue weighted by Crippen LogP contribution is 2.38. The summed E-state index contributed by atoms with van der Waals surface area (Å²) in [5.41, 5.74) is 2.95. The maximum Gasteiger partial charge on any atom is 0.215 e. The van der Waals surface area contributed by atoms with Gasteiger partial charge >= 0.3 is 0 Å². The summed E-state index contributed by atoms with van der Waals surface area (Å²) in [6, 6.07) is 7.41. The molecule has 0 N–H and O–H groups in total. The first-order valence-corrected chi connectivity index (χ1v) is 18.3. The van der Waals surface area contributed by atoms with E-state index < -0.39 is 8.07 Å². The first kappa shape index (κ1) is 26.5. The van der Waals surface area contributed by atoms with Crippen molar-refractivity contribution in [3.8, 4) is 0 Å². The lowest BCUT2D eigenvalue weighted by Gasteiger charge is -2.35. The van der Waals surface area contributed by atoms with E-state index in [-0.39, 0.29) is 0 Å². The first-order chi connectivity index (χ1) is 17.9. The maximum absolute atomic E-state index is 6.20. The third kappa shape index (κ3) is 6.65. The summed E-state index contributed by atoms with van der Waals surface area (Å²) < 4.78 is 6.20. The Morgan fingerprint density at radius 2 is 1.84 bits per heavy atom. The van der Waals surface area contributed by atoms with Gasteiger partial charge in [0.2, 0.25) is 5.13 Å². The van der Waals surface area contributed by atoms with Crippen LogP contribution in [0.4, 0.5) is 16.6 Å². The molecule has 0 bridgehead atoms. The van der Waals surface area contributed by atoms with E-state index in [1.165, 1.54) is 25.7 Å². The number of pyridine rings is 2. The SMILES string of the molecule is CCN1CCN(c2cnc3ccc(N(COCC[Si](C)(C)C)c4nnc(C5CCCC5)s4)nc3c2)CC1. The molecule has 3 aromatic heterocycles. The van der Waals surface area contributed by atoms with Gasteiger partial charge in [-0.1, -0.05) is 50.7 Å². The number of aromatic nitrogens is 4. The second-order valence-electron chi connectivity index (χ2n) is 11.5. The Morgan fingerprint density at radius 3 is 2.57 bits per heavy atom. The van der Waals surface area contributed by atoms with E-state index >= 15 is 0 Å². The van der Waals surface area contributed by atoms with E-state index in [0.717, 1.165) is 78.1 Å². The zero-order valence-corrected chi connectivity index (χ0v) is 24.6. The number of hydrogen-bond acceptors (Lipinski definition) is 9. The van der Waals surface area contributed by atoms with Crippen molar-refractivity contribution >= 4 is 47.1 Å². The van der Waals surface area contributed by atoms with Gasteiger partial charge in [-0.2, -0.15) is 0 Å². The molecular formula is C27H41N7OSSi. The van der Waals surface area contributed by atoms with Crippen molar-refractivity contribution in [2.45, 2.75) is 64.2 Å². The van der Waals surface area contributed by atoms with Gasteiger partial charge in [-0.25, -0.2) is 4.98 Å². The quantitative estimate of drug-likeness (QED) is 0.184. The van der Waals surface area contributed by atoms with E-state index in [1.54, 1.807) is 11.3 Å². The van der Waals surface area contributed by atoms with Crippen LogP contribution in [0.25, 0.3) is 11.0 Å². The summed E-state index contributed by atoms with van der Waals surface area (Å²) in [7, 11) is -1.17. The molecule has 200 valence electrons. The molecule has 10 heteroatoms. The third-order valence-corrected chi connectivity index (χ3v) is 10.4. The van der Waals surface area contributed by atoms with Gasteiger partial charge in [0.05, 0.1) is 22.9 Å². The number of fused-ring (bicyclic) bond motifs is 1. The average Bonchev–Trinajstić information content (AvgIpc) is 3.60. The fourth-order valence-corrected chi connectivity index (χ4v) is 6.82. The van der Waals surface area contributed by atoms with Crippen molar-refractivity contribution in [2.75, 3.05) is 55.9 Å². The van der Waals surface area contributed by atoms with Crippen molar-refractivity contribution in [1.82, 2.24) is 25.1 Å². The molecule has 0 aromatic carbocycles. The predicted octanol–water partition coefficient (Wildman–Crippen LogP) is 5.73. The fourth-order valence-electron chi connectivity index (χ4n) is 5.06. The van der Waals surface area contributed by atoms with E-state index in [4.69, 9.17) is 14.7 Å². The lowest BCUT2D eigenvalue weighted by atomic mass is 10.1. The number of anilines is 3. The molecule has 0 spiro atoms. The van der Waals surface area contributed by atoms with E-state index in [2.05, 4.69) is 63.6 Å². The summed E-state index contributed by atoms with van der Waals surface area (Å²) in [6.45, 7) is 15.9. The van der Waals surface area contributed by atoms with E-state index in [0.29, 0.717) is 12.6 Å². The average molecular weight is 540 g/mol. The van der Waals surface area contributed by atoms with Gasteiger partial charge in [-0.3, -0.25) is 9.88 Å². The molecule has 4 heterocycles. The van der Waals surface area contributed by atoms with Gasteiger partial charge in [-0.15, -0.1) is 10.2 Å². The predicted molar refractivity (Wildman–Crippen MR) is 156 cm³/mol. The van der Waals surface area contributed by atoms with Gasteiger partial charge in [0.15, 0.2) is 0 Å². The highest BCUT2D eigenvalue weighted by molar-refractivity contribution is 7.15. The van der Waals surface area contributed by atoms with Crippen LogP contribution in [0.5, 0.6) is 0 Å². The lowest BCUT2D eigenvalue weighted by Crippen LogP contribution is -2.46. The zero-order valence-electron chi connectivity index (χ0n) is 22.8. The van der Waals surface area contributed by atoms with Crippen LogP contribution in [0.15, 0.2) is 24.4 Å². The first-order valence-electron chi connectivity index (χ1n) is 13.8. The number of hydrogen-bond donors (Lipinski definition) is 0. The Hall–Kier alpha value is -2.14. The van der Waals surface area contributed by atoms with E-state index in [9.17, 15) is 0 Å². The highest BCUT2D eigenvalue weighted by atomic mass is 32.1. The monoisotopic (exact) mass is 539 g/mol. The van der Waals surface area contributed by atoms with Crippen LogP contribution in [0, 0.1) is 0 Å². The number of likely N-dealkylation sites (N-methyl/N-ethyl adjacent to an activating group) is 1. The fraction of sp³-hybridized carbons (Fsp3) is 0.630. The molecule has 0 atom stereocenters. The van der Waals surface area contributed by atoms with Gasteiger partial charge in [0.1, 0.15) is 17.6 Å². The Labute approximate surface area is 226 Å². The molecular weight excluding hydrogens is 498 g/mol. The van der Waals surface area contributed by atoms with Gasteiger partial charge in [0, 0.05) is 46.8 Å². The van der Waals surface area contributed by atoms with Crippen LogP contribution in [0.2, 0.25) is 25.7 Å². The standard InChI is InChI=1S/C27H41N7OSSi/c1-5-32-12-14-33(15-13-32)22-18-24-23(28-19-22)10-11-25(29-24)34(20-35-16-17-37(2,3)4)27-31-30-26(36-27)21-8-6-7-9-21/h10-11,18-19,21H,5-9,12-17,20H2,1-4H3. The molecule has 1 aliphatic heterocycles. The second-order valence-corrected chi connectivity index (χ2v) is 18.1. The van der Waals surface area contributed by atoms with Crippen LogP contribution in [-0.4, -0.2) is 79.2 Å². The molecule has 1 saturated heterocycles. The van der Waals surface area contributed by atoms with Crippen LogP contribution < -0.4 is 9.80 Å². The minimum Gasteiger partial charge on any atom is -0.368 e. The molecule has 37 heavy (non-hydrogen) atoms. The summed E-state index contributed by atoms with van der Waals surface area (Å²) >= 11 is 1.69. The Balaban J connectivity index is 1.39. The zero-order chi connectivity index (χ0) is 25.8. The number of piperazine rings is 1. The van der Waals surface area contributed by atoms with Crippen molar-refractivity contribution in [1.29, 1.82) is 0 Å². The summed E-state index contributed by atoms with van der Waals surface area (Å²) in [4.78, 5) is 16.8. The van der Waals surface area contributed by atoms with Crippen LogP contribution >= 0.6 is 11.3 Å². The van der Waals surface area contributed by atoms with E-state index in [1.807, 2.05) is 12.3 Å². The molecule has 1 saturated carbocycles. The van der Waals surface area contributed by atoms with Gasteiger partial charge < -0.3 is 14.5 Å². The Kier molecular flexibility index (Phi) is 8.38. The molecule has 1 aliphatic carbocycles. The Bertz CT molecular complexity index is 1170. The third-order valence-electron chi connectivity index (χ3n) is 7.55. The minimum atomic E-state index is -1.17. The number of rotatable bonds is 10.